The Bertz CT molecular complexity index is 703. The molecule has 0 fully saturated rings. The molecule has 0 saturated carbocycles. The summed E-state index contributed by atoms with van der Waals surface area (Å²) in [5.41, 5.74) is -0.145. The molecular weight excluding hydrogens is 582 g/mol. The van der Waals surface area contributed by atoms with E-state index in [1.165, 1.54) is 4.90 Å². The summed E-state index contributed by atoms with van der Waals surface area (Å²) >= 11 is 0. The van der Waals surface area contributed by atoms with Crippen molar-refractivity contribution in [2.24, 2.45) is 0 Å². The van der Waals surface area contributed by atoms with Gasteiger partial charge in [0.1, 0.15) is 12.2 Å². The van der Waals surface area contributed by atoms with Crippen LogP contribution in [-0.4, -0.2) is 162 Å². The Hall–Kier alpha value is -1.88. The van der Waals surface area contributed by atoms with Gasteiger partial charge in [-0.1, -0.05) is 6.58 Å². The highest BCUT2D eigenvalue weighted by Gasteiger charge is 2.19. The maximum Gasteiger partial charge on any atom is 0.410 e. The second kappa shape index (κ2) is 29.8. The van der Waals surface area contributed by atoms with Crippen molar-refractivity contribution in [1.82, 2.24) is 4.90 Å². The number of nitrogens with zero attached hydrogens (tertiary/aromatic N) is 1. The van der Waals surface area contributed by atoms with Crippen molar-refractivity contribution in [3.8, 4) is 0 Å². The Morgan fingerprint density at radius 1 is 0.523 bits per heavy atom. The van der Waals surface area contributed by atoms with Gasteiger partial charge in [-0.25, -0.2) is 9.59 Å². The molecule has 0 aromatic carbocycles. The van der Waals surface area contributed by atoms with Gasteiger partial charge in [0, 0.05) is 19.2 Å². The predicted octanol–water partition coefficient (Wildman–Crippen LogP) is 2.12. The summed E-state index contributed by atoms with van der Waals surface area (Å²) in [4.78, 5) is 24.5. The smallest absolute Gasteiger partial charge is 0.410 e. The van der Waals surface area contributed by atoms with E-state index in [1.54, 1.807) is 14.0 Å². The van der Waals surface area contributed by atoms with Crippen molar-refractivity contribution < 1.29 is 61.7 Å². The largest absolute Gasteiger partial charge is 0.460 e. The van der Waals surface area contributed by atoms with Gasteiger partial charge in [-0.15, -0.1) is 0 Å². The van der Waals surface area contributed by atoms with Gasteiger partial charge < -0.3 is 57.0 Å². The first kappa shape index (κ1) is 42.1. The van der Waals surface area contributed by atoms with Crippen LogP contribution < -0.4 is 0 Å². The van der Waals surface area contributed by atoms with Gasteiger partial charge in [0.25, 0.3) is 0 Å². The molecule has 14 nitrogen and oxygen atoms in total. The van der Waals surface area contributed by atoms with Crippen molar-refractivity contribution in [3.63, 3.8) is 0 Å². The second-order valence-electron chi connectivity index (χ2n) is 10.3. The number of hydrogen-bond donors (Lipinski definition) is 0. The van der Waals surface area contributed by atoms with Crippen molar-refractivity contribution in [2.45, 2.75) is 33.3 Å². The quantitative estimate of drug-likeness (QED) is 0.0622. The van der Waals surface area contributed by atoms with Crippen LogP contribution >= 0.6 is 0 Å². The lowest BCUT2D eigenvalue weighted by Gasteiger charge is -2.24. The Morgan fingerprint density at radius 3 is 1.07 bits per heavy atom. The third-order valence-electron chi connectivity index (χ3n) is 5.06. The molecule has 14 heteroatoms. The van der Waals surface area contributed by atoms with Crippen molar-refractivity contribution >= 4 is 12.1 Å². The highest BCUT2D eigenvalue weighted by molar-refractivity contribution is 5.86. The van der Waals surface area contributed by atoms with Crippen LogP contribution in [0.3, 0.4) is 0 Å². The first-order chi connectivity index (χ1) is 21.1. The first-order valence-electron chi connectivity index (χ1n) is 15.1. The number of ether oxygens (including phenoxy) is 11. The molecule has 44 heavy (non-hydrogen) atoms. The number of carbonyl (C=O) groups is 2. The lowest BCUT2D eigenvalue weighted by atomic mass is 10.2. The highest BCUT2D eigenvalue weighted by atomic mass is 16.6. The fourth-order valence-electron chi connectivity index (χ4n) is 2.81. The molecule has 0 aliphatic heterocycles. The molecule has 0 unspecified atom stereocenters. The van der Waals surface area contributed by atoms with Crippen LogP contribution in [0.2, 0.25) is 0 Å². The van der Waals surface area contributed by atoms with Gasteiger partial charge >= 0.3 is 12.1 Å². The minimum Gasteiger partial charge on any atom is -0.460 e. The lowest BCUT2D eigenvalue weighted by Crippen LogP contribution is -2.36. The van der Waals surface area contributed by atoms with E-state index in [4.69, 9.17) is 52.1 Å². The molecule has 0 aliphatic carbocycles. The summed E-state index contributed by atoms with van der Waals surface area (Å²) in [6, 6.07) is 0. The van der Waals surface area contributed by atoms with Gasteiger partial charge in [0.2, 0.25) is 0 Å². The standard InChI is InChI=1S/C30H57NO13/c1-27(2)28(32)43-26-25-42-24-23-41-22-21-40-20-19-39-18-17-38-16-15-37-14-13-36-12-11-35-10-9-34-8-7-31(6)29(33)44-30(3,4)5/h1,7-26H2,2-6H3. The number of hydrogen-bond acceptors (Lipinski definition) is 13. The number of carbonyl (C=O) groups excluding carboxylic acids is 2. The molecule has 1 amide bonds. The average Bonchev–Trinajstić information content (AvgIpc) is 2.96. The topological polar surface area (TPSA) is 139 Å². The normalized spacial score (nSPS) is 11.5. The molecule has 260 valence electrons. The zero-order valence-electron chi connectivity index (χ0n) is 27.6. The maximum absolute atomic E-state index is 11.8. The van der Waals surface area contributed by atoms with Crippen LogP contribution in [0.15, 0.2) is 12.2 Å². The predicted molar refractivity (Wildman–Crippen MR) is 162 cm³/mol. The molecule has 0 saturated heterocycles. The van der Waals surface area contributed by atoms with Gasteiger partial charge in [-0.05, 0) is 27.7 Å². The van der Waals surface area contributed by atoms with Crippen LogP contribution in [0, 0.1) is 0 Å². The number of likely N-dealkylation sites (N-methyl/N-ethyl adjacent to an activating group) is 1. The zero-order valence-corrected chi connectivity index (χ0v) is 27.6. The third-order valence-corrected chi connectivity index (χ3v) is 5.06. The van der Waals surface area contributed by atoms with E-state index in [0.717, 1.165) is 0 Å². The fraction of sp³-hybridized carbons (Fsp3) is 0.867. The number of amides is 1. The first-order valence-corrected chi connectivity index (χ1v) is 15.1. The van der Waals surface area contributed by atoms with E-state index >= 15 is 0 Å². The van der Waals surface area contributed by atoms with Crippen LogP contribution in [0.5, 0.6) is 0 Å². The Labute approximate surface area is 263 Å². The van der Waals surface area contributed by atoms with Crippen LogP contribution in [0.4, 0.5) is 4.79 Å². The summed E-state index contributed by atoms with van der Waals surface area (Å²) in [6.45, 7) is 19.4. The molecule has 0 atom stereocenters. The number of esters is 1. The van der Waals surface area contributed by atoms with Crippen LogP contribution in [-0.2, 0) is 56.9 Å². The Morgan fingerprint density at radius 2 is 0.795 bits per heavy atom. The molecular formula is C30H57NO13. The van der Waals surface area contributed by atoms with Crippen LogP contribution in [0.1, 0.15) is 27.7 Å². The molecule has 0 radical (unpaired) electrons. The summed E-state index contributed by atoms with van der Waals surface area (Å²) in [5.74, 6) is -0.416. The Balaban J connectivity index is 3.18. The lowest BCUT2D eigenvalue weighted by molar-refractivity contribution is -0.140. The van der Waals surface area contributed by atoms with Crippen molar-refractivity contribution in [1.29, 1.82) is 0 Å². The monoisotopic (exact) mass is 639 g/mol. The van der Waals surface area contributed by atoms with E-state index in [-0.39, 0.29) is 12.7 Å². The van der Waals surface area contributed by atoms with E-state index in [0.29, 0.717) is 131 Å². The van der Waals surface area contributed by atoms with E-state index < -0.39 is 11.6 Å². The van der Waals surface area contributed by atoms with Gasteiger partial charge in [0.05, 0.1) is 119 Å². The van der Waals surface area contributed by atoms with Crippen LogP contribution in [0.25, 0.3) is 0 Å². The minimum absolute atomic E-state index is 0.196. The Kier molecular flexibility index (Phi) is 28.5. The molecule has 0 spiro atoms. The molecule has 0 rings (SSSR count). The van der Waals surface area contributed by atoms with Gasteiger partial charge in [-0.2, -0.15) is 0 Å². The zero-order chi connectivity index (χ0) is 32.7. The number of rotatable bonds is 31. The van der Waals surface area contributed by atoms with Gasteiger partial charge in [-0.3, -0.25) is 0 Å². The van der Waals surface area contributed by atoms with E-state index in [1.807, 2.05) is 20.8 Å². The van der Waals surface area contributed by atoms with Crippen molar-refractivity contribution in [3.05, 3.63) is 12.2 Å². The second-order valence-corrected chi connectivity index (χ2v) is 10.3. The SMILES string of the molecule is C=C(C)C(=O)OCCOCCOCCOCCOCCOCCOCCOCCOCCOCCN(C)C(=O)OC(C)(C)C. The summed E-state index contributed by atoms with van der Waals surface area (Å²) < 4.78 is 59.0. The molecule has 0 aromatic rings. The summed E-state index contributed by atoms with van der Waals surface area (Å²) in [5, 5.41) is 0. The molecule has 0 heterocycles. The molecule has 0 aromatic heterocycles. The summed E-state index contributed by atoms with van der Waals surface area (Å²) in [6.07, 6.45) is -0.368. The molecule has 0 aliphatic rings. The van der Waals surface area contributed by atoms with E-state index in [9.17, 15) is 9.59 Å². The maximum atomic E-state index is 11.8. The third kappa shape index (κ3) is 31.5. The highest BCUT2D eigenvalue weighted by Crippen LogP contribution is 2.08. The summed E-state index contributed by atoms with van der Waals surface area (Å²) in [7, 11) is 1.68. The molecule has 0 bridgehead atoms. The van der Waals surface area contributed by atoms with E-state index in [2.05, 4.69) is 6.58 Å². The van der Waals surface area contributed by atoms with Gasteiger partial charge in [0.15, 0.2) is 0 Å². The molecule has 0 N–H and O–H groups in total. The minimum atomic E-state index is -0.512. The van der Waals surface area contributed by atoms with Crippen molar-refractivity contribution in [2.75, 3.05) is 139 Å². The fourth-order valence-corrected chi connectivity index (χ4v) is 2.81. The average molecular weight is 640 g/mol.